The number of rotatable bonds is 9. The zero-order valence-electron chi connectivity index (χ0n) is 16.6. The van der Waals surface area contributed by atoms with Gasteiger partial charge in [-0.15, -0.1) is 0 Å². The molecule has 6 nitrogen and oxygen atoms in total. The van der Waals surface area contributed by atoms with Crippen molar-refractivity contribution in [3.63, 3.8) is 0 Å². The quantitative estimate of drug-likeness (QED) is 0.183. The molecule has 2 unspecified atom stereocenters. The molecular weight excluding hydrogens is 448 g/mol. The van der Waals surface area contributed by atoms with Crippen molar-refractivity contribution in [3.05, 3.63) is 59.4 Å². The van der Waals surface area contributed by atoms with E-state index in [9.17, 15) is 26.5 Å². The van der Waals surface area contributed by atoms with Crippen LogP contribution in [-0.2, 0) is 14.0 Å². The van der Waals surface area contributed by atoms with Gasteiger partial charge < -0.3 is 18.5 Å². The second-order valence-corrected chi connectivity index (χ2v) is 8.58. The lowest BCUT2D eigenvalue weighted by Crippen LogP contribution is -2.33. The van der Waals surface area contributed by atoms with Crippen molar-refractivity contribution >= 4 is 7.75 Å². The zero-order chi connectivity index (χ0) is 22.9. The minimum atomic E-state index is -4.72. The van der Waals surface area contributed by atoms with Crippen LogP contribution in [-0.4, -0.2) is 24.5 Å². The van der Waals surface area contributed by atoms with Gasteiger partial charge in [-0.1, -0.05) is 18.2 Å². The summed E-state index contributed by atoms with van der Waals surface area (Å²) in [5.74, 6) is -13.2. The van der Waals surface area contributed by atoms with Crippen molar-refractivity contribution < 1.29 is 45.0 Å². The number of nitrogens with one attached hydrogen (secondary N) is 1. The maximum absolute atomic E-state index is 14.1. The minimum Gasteiger partial charge on any atom is -0.405 e. The molecule has 0 saturated carbocycles. The lowest BCUT2D eigenvalue weighted by atomic mass is 10.2. The Kier molecular flexibility index (Phi) is 6.90. The monoisotopic (exact) mass is 467 g/mol. The topological polar surface area (TPSA) is 69.3 Å². The highest BCUT2D eigenvalue weighted by atomic mass is 31.2. The van der Waals surface area contributed by atoms with E-state index in [-0.39, 0.29) is 11.9 Å². The second kappa shape index (κ2) is 9.12. The molecule has 0 aliphatic carbocycles. The second-order valence-electron chi connectivity index (χ2n) is 6.96. The smallest absolute Gasteiger partial charge is 0.405 e. The van der Waals surface area contributed by atoms with Gasteiger partial charge in [0, 0.05) is 6.04 Å². The van der Waals surface area contributed by atoms with Crippen molar-refractivity contribution in [2.24, 2.45) is 0 Å². The molecule has 1 fully saturated rings. The Morgan fingerprint density at radius 2 is 1.45 bits per heavy atom. The molecule has 1 heterocycles. The Morgan fingerprint density at radius 3 is 2.00 bits per heavy atom. The fraction of sp³-hybridized carbons (Fsp3) is 0.368. The van der Waals surface area contributed by atoms with Crippen LogP contribution in [0.3, 0.4) is 0 Å². The fourth-order valence-electron chi connectivity index (χ4n) is 2.64. The van der Waals surface area contributed by atoms with Crippen molar-refractivity contribution in [2.75, 3.05) is 0 Å². The summed E-state index contributed by atoms with van der Waals surface area (Å²) in [5, 5.41) is 2.40. The van der Waals surface area contributed by atoms with Gasteiger partial charge in [0.2, 0.25) is 34.8 Å². The van der Waals surface area contributed by atoms with Gasteiger partial charge in [-0.2, -0.15) is 13.9 Å². The van der Waals surface area contributed by atoms with E-state index in [4.69, 9.17) is 18.5 Å². The maximum Gasteiger partial charge on any atom is 0.513 e. The average Bonchev–Trinajstić information content (AvgIpc) is 3.47. The molecule has 3 rings (SSSR count). The molecule has 0 spiro atoms. The molecule has 0 bridgehead atoms. The Labute approximate surface area is 174 Å². The minimum absolute atomic E-state index is 0.0406. The first kappa shape index (κ1) is 23.5. The largest absolute Gasteiger partial charge is 0.513 e. The Hall–Kier alpha value is -2.20. The third-order valence-corrected chi connectivity index (χ3v) is 5.69. The van der Waals surface area contributed by atoms with E-state index >= 15 is 0 Å². The lowest BCUT2D eigenvalue weighted by molar-refractivity contribution is 0.00798. The summed E-state index contributed by atoms with van der Waals surface area (Å²) in [6.07, 6.45) is -1.42. The first-order valence-corrected chi connectivity index (χ1v) is 10.7. The third kappa shape index (κ3) is 5.35. The molecule has 1 aliphatic rings. The summed E-state index contributed by atoms with van der Waals surface area (Å²) in [6, 6.07) is 6.55. The highest BCUT2D eigenvalue weighted by Gasteiger charge is 2.48. The van der Waals surface area contributed by atoms with Gasteiger partial charge in [-0.3, -0.25) is 0 Å². The predicted octanol–water partition coefficient (Wildman–Crippen LogP) is 5.08. The standard InChI is InChI=1S/C19H19F5NO5P/c1-9(2)27-19-17(28-19)10(3)25-31(26,29-11-7-5-4-6-8-11)30-18-15(23)13(21)12(20)14(22)16(18)24/h4-10,17,19H,1-3H3,(H,25,26)/t10-,17?,19?,31-/m0/s1. The van der Waals surface area contributed by atoms with Crippen molar-refractivity contribution in [1.29, 1.82) is 0 Å². The Balaban J connectivity index is 1.90. The van der Waals surface area contributed by atoms with Gasteiger partial charge in [0.25, 0.3) is 0 Å². The summed E-state index contributed by atoms with van der Waals surface area (Å²) in [5.41, 5.74) is 0. The van der Waals surface area contributed by atoms with Crippen LogP contribution in [0.2, 0.25) is 0 Å². The molecule has 1 saturated heterocycles. The van der Waals surface area contributed by atoms with E-state index < -0.39 is 61.0 Å². The third-order valence-electron chi connectivity index (χ3n) is 4.09. The molecule has 1 N–H and O–H groups in total. The molecular formula is C19H19F5NO5P. The summed E-state index contributed by atoms with van der Waals surface area (Å²) in [4.78, 5) is 0. The summed E-state index contributed by atoms with van der Waals surface area (Å²) in [7, 11) is -4.72. The number of para-hydroxylation sites is 1. The van der Waals surface area contributed by atoms with Gasteiger partial charge in [0.15, 0.2) is 6.29 Å². The van der Waals surface area contributed by atoms with Gasteiger partial charge in [0.1, 0.15) is 11.9 Å². The summed E-state index contributed by atoms with van der Waals surface area (Å²) in [6.45, 7) is 5.04. The predicted molar refractivity (Wildman–Crippen MR) is 99.0 cm³/mol. The van der Waals surface area contributed by atoms with E-state index in [1.807, 2.05) is 0 Å². The number of epoxide rings is 1. The number of hydrogen-bond donors (Lipinski definition) is 1. The van der Waals surface area contributed by atoms with Crippen LogP contribution in [0.5, 0.6) is 11.5 Å². The number of hydrogen-bond acceptors (Lipinski definition) is 5. The first-order chi connectivity index (χ1) is 14.5. The molecule has 0 aromatic heterocycles. The van der Waals surface area contributed by atoms with Crippen molar-refractivity contribution in [1.82, 2.24) is 5.09 Å². The van der Waals surface area contributed by atoms with Gasteiger partial charge in [0.05, 0.1) is 6.10 Å². The average molecular weight is 467 g/mol. The highest BCUT2D eigenvalue weighted by Crippen LogP contribution is 2.48. The first-order valence-electron chi connectivity index (χ1n) is 9.17. The Morgan fingerprint density at radius 1 is 0.903 bits per heavy atom. The van der Waals surface area contributed by atoms with E-state index in [0.717, 1.165) is 0 Å². The van der Waals surface area contributed by atoms with Crippen LogP contribution in [0, 0.1) is 29.1 Å². The highest BCUT2D eigenvalue weighted by molar-refractivity contribution is 7.52. The van der Waals surface area contributed by atoms with E-state index in [1.54, 1.807) is 19.9 Å². The van der Waals surface area contributed by atoms with Crippen LogP contribution in [0.25, 0.3) is 0 Å². The summed E-state index contributed by atoms with van der Waals surface area (Å²) < 4.78 is 103. The fourth-order valence-corrected chi connectivity index (χ4v) is 4.23. The van der Waals surface area contributed by atoms with Crippen LogP contribution in [0.4, 0.5) is 22.0 Å². The molecule has 0 amide bonds. The molecule has 170 valence electrons. The number of benzene rings is 2. The SMILES string of the molecule is CC(C)OC1OC1[C@H](C)N[P@](=O)(Oc1ccccc1)Oc1c(F)c(F)c(F)c(F)c1F. The lowest BCUT2D eigenvalue weighted by Gasteiger charge is -2.23. The van der Waals surface area contributed by atoms with Crippen LogP contribution < -0.4 is 14.1 Å². The summed E-state index contributed by atoms with van der Waals surface area (Å²) >= 11 is 0. The van der Waals surface area contributed by atoms with E-state index in [0.29, 0.717) is 0 Å². The van der Waals surface area contributed by atoms with E-state index in [2.05, 4.69) is 5.09 Å². The number of ether oxygens (including phenoxy) is 2. The van der Waals surface area contributed by atoms with Gasteiger partial charge in [-0.05, 0) is 32.9 Å². The molecule has 2 aromatic carbocycles. The van der Waals surface area contributed by atoms with E-state index in [1.165, 1.54) is 31.2 Å². The zero-order valence-corrected chi connectivity index (χ0v) is 17.5. The molecule has 31 heavy (non-hydrogen) atoms. The molecule has 0 radical (unpaired) electrons. The van der Waals surface area contributed by atoms with Crippen molar-refractivity contribution in [3.8, 4) is 11.5 Å². The normalized spacial score (nSPS) is 20.9. The van der Waals surface area contributed by atoms with Crippen LogP contribution in [0.15, 0.2) is 30.3 Å². The number of halogens is 5. The van der Waals surface area contributed by atoms with Gasteiger partial charge >= 0.3 is 7.75 Å². The maximum atomic E-state index is 14.1. The molecule has 4 atom stereocenters. The van der Waals surface area contributed by atoms with Gasteiger partial charge in [-0.25, -0.2) is 17.7 Å². The van der Waals surface area contributed by atoms with Crippen LogP contribution in [0.1, 0.15) is 20.8 Å². The molecule has 2 aromatic rings. The Bertz CT molecular complexity index is 964. The molecule has 1 aliphatic heterocycles. The molecule has 12 heteroatoms. The van der Waals surface area contributed by atoms with Crippen molar-refractivity contribution in [2.45, 2.75) is 45.3 Å². The van der Waals surface area contributed by atoms with Crippen LogP contribution >= 0.6 is 7.75 Å².